The molecule has 8 nitrogen and oxygen atoms in total. The van der Waals surface area contributed by atoms with Crippen LogP contribution in [-0.2, 0) is 4.79 Å². The van der Waals surface area contributed by atoms with Gasteiger partial charge in [0.2, 0.25) is 5.91 Å². The smallest absolute Gasteiger partial charge is 0.319 e. The zero-order valence-electron chi connectivity index (χ0n) is 11.0. The quantitative estimate of drug-likeness (QED) is 0.673. The lowest BCUT2D eigenvalue weighted by molar-refractivity contribution is -0.119. The van der Waals surface area contributed by atoms with Crippen molar-refractivity contribution in [3.05, 3.63) is 17.8 Å². The molecule has 3 rings (SSSR count). The van der Waals surface area contributed by atoms with Gasteiger partial charge in [-0.2, -0.15) is 5.10 Å². The lowest BCUT2D eigenvalue weighted by Crippen LogP contribution is -2.40. The van der Waals surface area contributed by atoms with E-state index in [0.29, 0.717) is 24.3 Å². The van der Waals surface area contributed by atoms with E-state index in [1.54, 1.807) is 6.20 Å². The first kappa shape index (κ1) is 13.6. The van der Waals surface area contributed by atoms with E-state index in [1.807, 2.05) is 5.38 Å². The fourth-order valence-electron chi connectivity index (χ4n) is 2.10. The summed E-state index contributed by atoms with van der Waals surface area (Å²) < 4.78 is 0. The van der Waals surface area contributed by atoms with E-state index < -0.39 is 0 Å². The molecule has 1 fully saturated rings. The second kappa shape index (κ2) is 5.92. The van der Waals surface area contributed by atoms with E-state index >= 15 is 0 Å². The van der Waals surface area contributed by atoms with E-state index in [1.165, 1.54) is 17.5 Å². The molecule has 1 saturated heterocycles. The number of anilines is 1. The number of nitrogens with zero attached hydrogens (tertiary/aromatic N) is 2. The monoisotopic (exact) mass is 306 g/mol. The Balaban J connectivity index is 1.56. The third-order valence-corrected chi connectivity index (χ3v) is 3.92. The van der Waals surface area contributed by atoms with Crippen LogP contribution in [0, 0.1) is 0 Å². The average molecular weight is 306 g/mol. The van der Waals surface area contributed by atoms with Crippen molar-refractivity contribution in [1.29, 1.82) is 0 Å². The Labute approximate surface area is 124 Å². The summed E-state index contributed by atoms with van der Waals surface area (Å²) in [5.41, 5.74) is 1.24. The Morgan fingerprint density at radius 1 is 1.52 bits per heavy atom. The van der Waals surface area contributed by atoms with Gasteiger partial charge in [0.25, 0.3) is 0 Å². The molecule has 0 radical (unpaired) electrons. The molecule has 3 heterocycles. The minimum absolute atomic E-state index is 0.00559. The Bertz CT molecular complexity index is 638. The number of urea groups is 1. The number of nitrogens with one attached hydrogen (secondary N) is 4. The Morgan fingerprint density at radius 2 is 2.43 bits per heavy atom. The van der Waals surface area contributed by atoms with Gasteiger partial charge >= 0.3 is 6.03 Å². The molecule has 21 heavy (non-hydrogen) atoms. The van der Waals surface area contributed by atoms with Gasteiger partial charge in [-0.1, -0.05) is 0 Å². The first-order chi connectivity index (χ1) is 10.2. The topological polar surface area (TPSA) is 112 Å². The number of aromatic nitrogens is 3. The maximum Gasteiger partial charge on any atom is 0.319 e. The number of carbonyl (C=O) groups is 2. The largest absolute Gasteiger partial charge is 0.352 e. The average Bonchev–Trinajstić information content (AvgIpc) is 3.16. The highest BCUT2D eigenvalue weighted by atomic mass is 32.1. The molecule has 3 amide bonds. The number of rotatable bonds is 4. The summed E-state index contributed by atoms with van der Waals surface area (Å²) in [5.74, 6) is 0.0306. The van der Waals surface area contributed by atoms with Gasteiger partial charge in [-0.15, -0.1) is 11.3 Å². The van der Waals surface area contributed by atoms with Crippen LogP contribution in [0.2, 0.25) is 0 Å². The molecule has 2 aromatic heterocycles. The molecule has 4 N–H and O–H groups in total. The number of hydrogen-bond acceptors (Lipinski definition) is 5. The summed E-state index contributed by atoms with van der Waals surface area (Å²) >= 11 is 1.45. The van der Waals surface area contributed by atoms with Crippen molar-refractivity contribution in [3.8, 4) is 10.7 Å². The van der Waals surface area contributed by atoms with Crippen LogP contribution >= 0.6 is 11.3 Å². The molecule has 1 aliphatic heterocycles. The molecule has 110 valence electrons. The molecule has 0 aromatic carbocycles. The number of H-pyrrole nitrogens is 1. The Hall–Kier alpha value is -2.42. The maximum absolute atomic E-state index is 11.9. The van der Waals surface area contributed by atoms with E-state index in [2.05, 4.69) is 31.1 Å². The van der Waals surface area contributed by atoms with Gasteiger partial charge in [-0.3, -0.25) is 9.89 Å². The van der Waals surface area contributed by atoms with Gasteiger partial charge in [0.05, 0.1) is 11.9 Å². The maximum atomic E-state index is 11.9. The van der Waals surface area contributed by atoms with Crippen LogP contribution in [0.5, 0.6) is 0 Å². The van der Waals surface area contributed by atoms with Crippen molar-refractivity contribution in [1.82, 2.24) is 25.8 Å². The Kier molecular flexibility index (Phi) is 3.82. The summed E-state index contributed by atoms with van der Waals surface area (Å²) in [5, 5.41) is 17.6. The van der Waals surface area contributed by atoms with Gasteiger partial charge in [0, 0.05) is 30.6 Å². The van der Waals surface area contributed by atoms with Gasteiger partial charge in [0.15, 0.2) is 0 Å². The number of amides is 3. The van der Waals surface area contributed by atoms with Crippen molar-refractivity contribution < 1.29 is 9.59 Å². The van der Waals surface area contributed by atoms with Crippen LogP contribution in [0.1, 0.15) is 12.8 Å². The van der Waals surface area contributed by atoms with Crippen LogP contribution in [0.3, 0.4) is 0 Å². The highest BCUT2D eigenvalue weighted by Crippen LogP contribution is 2.26. The standard InChI is InChI=1S/C12H14N6O2S/c19-9-2-1-7(16-9)5-14-12(20)17-8-6-15-18-10(8)11-13-3-4-21-11/h3-4,6-7H,1-2,5H2,(H,15,18)(H,16,19)(H2,14,17,20)/t7-/m1/s1. The SMILES string of the molecule is O=C1CC[C@H](CNC(=O)Nc2cn[nH]c2-c2nccs2)N1. The molecule has 2 aromatic rings. The number of aromatic amines is 1. The van der Waals surface area contributed by atoms with Gasteiger partial charge in [-0.25, -0.2) is 9.78 Å². The zero-order chi connectivity index (χ0) is 14.7. The fraction of sp³-hybridized carbons (Fsp3) is 0.333. The number of carbonyl (C=O) groups excluding carboxylic acids is 2. The highest BCUT2D eigenvalue weighted by molar-refractivity contribution is 7.13. The van der Waals surface area contributed by atoms with E-state index in [-0.39, 0.29) is 18.0 Å². The van der Waals surface area contributed by atoms with Crippen molar-refractivity contribution in [2.24, 2.45) is 0 Å². The summed E-state index contributed by atoms with van der Waals surface area (Å²) in [4.78, 5) is 27.1. The van der Waals surface area contributed by atoms with Crippen molar-refractivity contribution >= 4 is 29.0 Å². The molecule has 0 aliphatic carbocycles. The molecule has 0 unspecified atom stereocenters. The van der Waals surface area contributed by atoms with E-state index in [9.17, 15) is 9.59 Å². The number of hydrogen-bond donors (Lipinski definition) is 4. The highest BCUT2D eigenvalue weighted by Gasteiger charge is 2.21. The summed E-state index contributed by atoms with van der Waals surface area (Å²) in [6.45, 7) is 0.405. The second-order valence-corrected chi connectivity index (χ2v) is 5.53. The Morgan fingerprint density at radius 3 is 3.14 bits per heavy atom. The lowest BCUT2D eigenvalue weighted by Gasteiger charge is -2.11. The molecule has 1 atom stereocenters. The van der Waals surface area contributed by atoms with E-state index in [4.69, 9.17) is 0 Å². The van der Waals surface area contributed by atoms with Crippen molar-refractivity contribution in [3.63, 3.8) is 0 Å². The van der Waals surface area contributed by atoms with E-state index in [0.717, 1.165) is 11.4 Å². The van der Waals surface area contributed by atoms with Crippen LogP contribution < -0.4 is 16.0 Å². The van der Waals surface area contributed by atoms with Gasteiger partial charge in [0.1, 0.15) is 10.7 Å². The first-order valence-electron chi connectivity index (χ1n) is 6.50. The zero-order valence-corrected chi connectivity index (χ0v) is 11.9. The predicted octanol–water partition coefficient (Wildman–Crippen LogP) is 0.933. The second-order valence-electron chi connectivity index (χ2n) is 4.63. The van der Waals surface area contributed by atoms with Crippen LogP contribution in [0.15, 0.2) is 17.8 Å². The predicted molar refractivity (Wildman–Crippen MR) is 77.9 cm³/mol. The normalized spacial score (nSPS) is 17.5. The van der Waals surface area contributed by atoms with Crippen LogP contribution in [0.25, 0.3) is 10.7 Å². The molecule has 9 heteroatoms. The summed E-state index contributed by atoms with van der Waals surface area (Å²) in [7, 11) is 0. The van der Waals surface area contributed by atoms with Gasteiger partial charge < -0.3 is 16.0 Å². The number of thiazole rings is 1. The first-order valence-corrected chi connectivity index (χ1v) is 7.38. The summed E-state index contributed by atoms with van der Waals surface area (Å²) in [6.07, 6.45) is 4.49. The molecular weight excluding hydrogens is 292 g/mol. The molecule has 0 bridgehead atoms. The molecule has 0 spiro atoms. The third kappa shape index (κ3) is 3.19. The van der Waals surface area contributed by atoms with Crippen molar-refractivity contribution in [2.45, 2.75) is 18.9 Å². The van der Waals surface area contributed by atoms with Crippen LogP contribution in [-0.4, -0.2) is 39.7 Å². The van der Waals surface area contributed by atoms with Crippen molar-refractivity contribution in [2.75, 3.05) is 11.9 Å². The van der Waals surface area contributed by atoms with Crippen LogP contribution in [0.4, 0.5) is 10.5 Å². The minimum atomic E-state index is -0.338. The molecule has 1 aliphatic rings. The molecule has 0 saturated carbocycles. The summed E-state index contributed by atoms with van der Waals surface area (Å²) in [6, 6.07) is -0.332. The third-order valence-electron chi connectivity index (χ3n) is 3.13. The fourth-order valence-corrected chi connectivity index (χ4v) is 2.75. The lowest BCUT2D eigenvalue weighted by atomic mass is 10.2. The minimum Gasteiger partial charge on any atom is -0.352 e. The van der Waals surface area contributed by atoms with Gasteiger partial charge in [-0.05, 0) is 6.42 Å². The molecular formula is C12H14N6O2S.